The highest BCUT2D eigenvalue weighted by molar-refractivity contribution is 5.86. The number of benzene rings is 2. The van der Waals surface area contributed by atoms with Gasteiger partial charge in [0.2, 0.25) is 11.8 Å². The monoisotopic (exact) mass is 726 g/mol. The molecule has 0 aliphatic carbocycles. The predicted octanol–water partition coefficient (Wildman–Crippen LogP) is 6.96. The lowest BCUT2D eigenvalue weighted by atomic mass is 10.0. The second-order valence-electron chi connectivity index (χ2n) is 14.5. The Hall–Kier alpha value is -5.04. The van der Waals surface area contributed by atoms with Crippen LogP contribution in [0.25, 0.3) is 33.6 Å². The van der Waals surface area contributed by atoms with E-state index in [1.807, 2.05) is 56.0 Å². The van der Waals surface area contributed by atoms with Crippen LogP contribution in [0.5, 0.6) is 0 Å². The van der Waals surface area contributed by atoms with Gasteiger partial charge < -0.3 is 24.9 Å². The van der Waals surface area contributed by atoms with Gasteiger partial charge in [0, 0.05) is 25.7 Å². The van der Waals surface area contributed by atoms with Crippen molar-refractivity contribution in [1.29, 1.82) is 0 Å². The molecule has 13 heteroatoms. The van der Waals surface area contributed by atoms with E-state index in [0.717, 1.165) is 66.1 Å². The maximum Gasteiger partial charge on any atom is 0.407 e. The predicted molar refractivity (Wildman–Crippen MR) is 201 cm³/mol. The van der Waals surface area contributed by atoms with Gasteiger partial charge in [0.05, 0.1) is 41.9 Å². The number of halogens is 1. The minimum absolute atomic E-state index is 0.0959. The van der Waals surface area contributed by atoms with Crippen molar-refractivity contribution in [3.05, 3.63) is 72.3 Å². The summed E-state index contributed by atoms with van der Waals surface area (Å²) in [5, 5.41) is 9.57. The molecular formula is C40H51FN8O4. The van der Waals surface area contributed by atoms with Crippen LogP contribution in [0, 0.1) is 11.7 Å². The fourth-order valence-electron chi connectivity index (χ4n) is 8.03. The first-order chi connectivity index (χ1) is 25.4. The summed E-state index contributed by atoms with van der Waals surface area (Å²) >= 11 is 0. The molecule has 4 aromatic rings. The first kappa shape index (κ1) is 37.7. The molecule has 2 aromatic heterocycles. The molecule has 2 saturated heterocycles. The smallest absolute Gasteiger partial charge is 0.407 e. The number of aromatic amines is 2. The third-order valence-electron chi connectivity index (χ3n) is 11.0. The van der Waals surface area contributed by atoms with E-state index in [-0.39, 0.29) is 41.7 Å². The van der Waals surface area contributed by atoms with E-state index in [2.05, 4.69) is 38.7 Å². The van der Waals surface area contributed by atoms with Crippen molar-refractivity contribution in [2.45, 2.75) is 84.5 Å². The highest BCUT2D eigenvalue weighted by Gasteiger charge is 2.40. The van der Waals surface area contributed by atoms with Crippen molar-refractivity contribution in [3.63, 3.8) is 0 Å². The Labute approximate surface area is 310 Å². The second-order valence-corrected chi connectivity index (χ2v) is 14.5. The number of nitrogens with one attached hydrogen (secondary N) is 2. The second kappa shape index (κ2) is 15.9. The minimum atomic E-state index is -1.14. The number of rotatable bonds is 12. The summed E-state index contributed by atoms with van der Waals surface area (Å²) in [6, 6.07) is 11.5. The number of hydrogen-bond acceptors (Lipinski definition) is 6. The highest BCUT2D eigenvalue weighted by atomic mass is 19.1. The molecule has 4 atom stereocenters. The van der Waals surface area contributed by atoms with E-state index in [9.17, 15) is 19.5 Å². The van der Waals surface area contributed by atoms with Crippen LogP contribution in [0.2, 0.25) is 0 Å². The van der Waals surface area contributed by atoms with Gasteiger partial charge >= 0.3 is 6.09 Å². The van der Waals surface area contributed by atoms with Gasteiger partial charge in [-0.15, -0.1) is 0 Å². The Balaban J connectivity index is 1.14. The van der Waals surface area contributed by atoms with Crippen LogP contribution in [-0.2, 0) is 9.59 Å². The Morgan fingerprint density at radius 1 is 0.830 bits per heavy atom. The lowest BCUT2D eigenvalue weighted by molar-refractivity contribution is -0.139. The Morgan fingerprint density at radius 3 is 1.91 bits per heavy atom. The zero-order valence-electron chi connectivity index (χ0n) is 31.5. The van der Waals surface area contributed by atoms with Crippen molar-refractivity contribution >= 4 is 17.9 Å². The number of H-pyrrole nitrogens is 2. The van der Waals surface area contributed by atoms with E-state index in [4.69, 9.17) is 0 Å². The Kier molecular flexibility index (Phi) is 11.3. The third-order valence-corrected chi connectivity index (χ3v) is 11.0. The van der Waals surface area contributed by atoms with Crippen LogP contribution in [-0.4, -0.2) is 108 Å². The van der Waals surface area contributed by atoms with Crippen LogP contribution in [0.1, 0.15) is 84.0 Å². The van der Waals surface area contributed by atoms with E-state index in [1.54, 1.807) is 23.4 Å². The maximum atomic E-state index is 15.7. The van der Waals surface area contributed by atoms with E-state index >= 15 is 4.39 Å². The summed E-state index contributed by atoms with van der Waals surface area (Å²) in [6.45, 7) is 12.6. The van der Waals surface area contributed by atoms with Crippen molar-refractivity contribution in [2.24, 2.45) is 5.92 Å². The molecule has 0 spiro atoms. The first-order valence-electron chi connectivity index (χ1n) is 18.7. The molecule has 2 fully saturated rings. The fraction of sp³-hybridized carbons (Fsp3) is 0.475. The molecule has 4 heterocycles. The van der Waals surface area contributed by atoms with Gasteiger partial charge in [-0.25, -0.2) is 19.2 Å². The number of hydrogen-bond donors (Lipinski definition) is 3. The molecule has 2 aliphatic heterocycles. The Bertz CT molecular complexity index is 1920. The highest BCUT2D eigenvalue weighted by Crippen LogP contribution is 2.36. The van der Waals surface area contributed by atoms with Gasteiger partial charge in [-0.1, -0.05) is 58.0 Å². The summed E-state index contributed by atoms with van der Waals surface area (Å²) < 4.78 is 15.7. The van der Waals surface area contributed by atoms with Gasteiger partial charge in [-0.2, -0.15) is 0 Å². The van der Waals surface area contributed by atoms with E-state index in [0.29, 0.717) is 36.0 Å². The largest absolute Gasteiger partial charge is 0.465 e. The molecular weight excluding hydrogens is 675 g/mol. The summed E-state index contributed by atoms with van der Waals surface area (Å²) in [5.41, 5.74) is 4.24. The van der Waals surface area contributed by atoms with Gasteiger partial charge in [0.25, 0.3) is 0 Å². The van der Waals surface area contributed by atoms with Crippen LogP contribution in [0.4, 0.5) is 9.18 Å². The molecule has 6 rings (SSSR count). The summed E-state index contributed by atoms with van der Waals surface area (Å²) in [5.74, 6) is 0.663. The lowest BCUT2D eigenvalue weighted by Crippen LogP contribution is -2.51. The van der Waals surface area contributed by atoms with E-state index < -0.39 is 12.1 Å². The number of carbonyl (C=O) groups excluding carboxylic acids is 2. The molecule has 1 unspecified atom stereocenters. The number of carbonyl (C=O) groups is 3. The molecule has 3 N–H and O–H groups in total. The van der Waals surface area contributed by atoms with Gasteiger partial charge in [-0.3, -0.25) is 19.4 Å². The maximum absolute atomic E-state index is 15.7. The van der Waals surface area contributed by atoms with Crippen molar-refractivity contribution in [2.75, 3.05) is 33.2 Å². The molecule has 0 saturated carbocycles. The van der Waals surface area contributed by atoms with Crippen molar-refractivity contribution in [3.8, 4) is 33.6 Å². The average molecular weight is 727 g/mol. The Morgan fingerprint density at radius 2 is 1.36 bits per heavy atom. The number of aromatic nitrogens is 4. The zero-order chi connectivity index (χ0) is 38.0. The minimum Gasteiger partial charge on any atom is -0.465 e. The first-order valence-corrected chi connectivity index (χ1v) is 18.7. The van der Waals surface area contributed by atoms with Crippen molar-refractivity contribution in [1.82, 2.24) is 39.5 Å². The van der Waals surface area contributed by atoms with Gasteiger partial charge in [0.15, 0.2) is 0 Å². The summed E-state index contributed by atoms with van der Waals surface area (Å²) in [4.78, 5) is 61.5. The van der Waals surface area contributed by atoms with Crippen molar-refractivity contribution < 1.29 is 23.9 Å². The molecule has 12 nitrogen and oxygen atoms in total. The number of nitrogens with zero attached hydrogens (tertiary/aromatic N) is 6. The van der Waals surface area contributed by atoms with Gasteiger partial charge in [-0.05, 0) is 80.4 Å². The van der Waals surface area contributed by atoms with Crippen LogP contribution < -0.4 is 0 Å². The number of imidazole rings is 2. The molecule has 2 aromatic carbocycles. The SMILES string of the molecule is CCN(CC)[C@H](C)C(=O)N1CCCC1c1ncc(-c2ccc(-c3ccc(-c4cnc([C@@H]5CCCN5C(=O)[C@H](C(C)C)N(C)C(=O)O)[nH]4)cc3)cc2F)[nH]1. The molecule has 53 heavy (non-hydrogen) atoms. The summed E-state index contributed by atoms with van der Waals surface area (Å²) in [7, 11) is 1.44. The number of likely N-dealkylation sites (N-methyl/N-ethyl adjacent to an activating group) is 2. The summed E-state index contributed by atoms with van der Waals surface area (Å²) in [6.07, 6.45) is 5.50. The van der Waals surface area contributed by atoms with Crippen LogP contribution >= 0.6 is 0 Å². The van der Waals surface area contributed by atoms with Crippen LogP contribution in [0.3, 0.4) is 0 Å². The number of amides is 3. The van der Waals surface area contributed by atoms with Gasteiger partial charge in [0.1, 0.15) is 23.5 Å². The standard InChI is InChI=1S/C40H51FN8O4/c1-7-47(8-2)25(5)38(50)48-19-9-11-33(48)37-43-23-32(45-37)29-18-17-28(21-30(29)41)26-13-15-27(16-14-26)31-22-42-36(44-31)34-12-10-20-49(34)39(51)35(24(3)4)46(6)40(52)53/h13-18,21-25,33-35H,7-12,19-20H2,1-6H3,(H,42,44)(H,43,45)(H,52,53)/t25-,33?,34+,35+/m1/s1. The zero-order valence-corrected chi connectivity index (χ0v) is 31.5. The normalized spacial score (nSPS) is 18.6. The molecule has 0 radical (unpaired) electrons. The lowest BCUT2D eigenvalue weighted by Gasteiger charge is -2.33. The topological polar surface area (TPSA) is 142 Å². The van der Waals surface area contributed by atoms with Crippen LogP contribution in [0.15, 0.2) is 54.9 Å². The van der Waals surface area contributed by atoms with E-state index in [1.165, 1.54) is 13.1 Å². The molecule has 0 bridgehead atoms. The quantitative estimate of drug-likeness (QED) is 0.143. The average Bonchev–Trinajstić information content (AvgIpc) is 3.98. The molecule has 2 aliphatic rings. The number of likely N-dealkylation sites (tertiary alicyclic amines) is 2. The number of carboxylic acid groups (broad SMARTS) is 1. The fourth-order valence-corrected chi connectivity index (χ4v) is 8.03. The molecule has 282 valence electrons. The third kappa shape index (κ3) is 7.57. The molecule has 3 amide bonds.